The van der Waals surface area contributed by atoms with Gasteiger partial charge in [-0.05, 0) is 58.6 Å². The maximum atomic E-state index is 12.4. The van der Waals surface area contributed by atoms with E-state index in [0.29, 0.717) is 37.1 Å². The molecule has 2 amide bonds. The molecule has 0 aromatic carbocycles. The Kier molecular flexibility index (Phi) is 6.49. The van der Waals surface area contributed by atoms with Crippen molar-refractivity contribution in [3.8, 4) is 17.3 Å². The Hall–Kier alpha value is -3.98. The van der Waals surface area contributed by atoms with Crippen LogP contribution in [0.3, 0.4) is 0 Å². The van der Waals surface area contributed by atoms with Gasteiger partial charge in [0.05, 0.1) is 24.4 Å². The first-order valence-corrected chi connectivity index (χ1v) is 14.0. The number of rotatable bonds is 6. The van der Waals surface area contributed by atoms with Gasteiger partial charge in [0.25, 0.3) is 0 Å². The molecule has 12 heteroatoms. The number of nitrogens with zero attached hydrogens (tertiary/aromatic N) is 8. The molecule has 40 heavy (non-hydrogen) atoms. The van der Waals surface area contributed by atoms with E-state index < -0.39 is 11.1 Å². The molecule has 2 saturated heterocycles. The molecule has 210 valence electrons. The second-order valence-electron chi connectivity index (χ2n) is 12.2. The molecule has 3 fully saturated rings. The number of pyridine rings is 1. The first-order chi connectivity index (χ1) is 19.1. The quantitative estimate of drug-likeness (QED) is 0.499. The first-order valence-electron chi connectivity index (χ1n) is 14.0. The van der Waals surface area contributed by atoms with E-state index in [9.17, 15) is 14.9 Å². The molecule has 0 radical (unpaired) electrons. The number of carbonyl (C=O) groups excluding carboxylic acids is 2. The Balaban J connectivity index is 1.13. The van der Waals surface area contributed by atoms with Crippen LogP contribution in [0.1, 0.15) is 52.9 Å². The van der Waals surface area contributed by atoms with E-state index in [4.69, 9.17) is 4.74 Å². The van der Waals surface area contributed by atoms with Gasteiger partial charge in [0.1, 0.15) is 11.1 Å². The second kappa shape index (κ2) is 9.89. The van der Waals surface area contributed by atoms with Gasteiger partial charge in [0, 0.05) is 49.9 Å². The van der Waals surface area contributed by atoms with Gasteiger partial charge in [-0.15, -0.1) is 5.10 Å². The average Bonchev–Trinajstić information content (AvgIpc) is 3.48. The maximum Gasteiger partial charge on any atom is 0.410 e. The fraction of sp³-hybridized carbons (Fsp3) is 0.571. The minimum atomic E-state index is -0.501. The summed E-state index contributed by atoms with van der Waals surface area (Å²) in [4.78, 5) is 33.3. The molecule has 5 heterocycles. The number of ether oxygens (including phenoxy) is 1. The first kappa shape index (κ1) is 26.3. The highest BCUT2D eigenvalue weighted by atomic mass is 16.6. The molecule has 1 aliphatic carbocycles. The molecular formula is C28H35N9O3. The van der Waals surface area contributed by atoms with Crippen LogP contribution in [-0.2, 0) is 15.1 Å². The maximum absolute atomic E-state index is 12.4. The third-order valence-electron chi connectivity index (χ3n) is 7.94. The smallest absolute Gasteiger partial charge is 0.410 e. The zero-order chi connectivity index (χ0) is 28.1. The molecule has 0 spiro atoms. The molecule has 3 aromatic heterocycles. The lowest BCUT2D eigenvalue weighted by Crippen LogP contribution is -2.66. The number of aromatic nitrogens is 5. The molecule has 12 nitrogen and oxygen atoms in total. The van der Waals surface area contributed by atoms with Crippen LogP contribution in [0.15, 0.2) is 30.6 Å². The van der Waals surface area contributed by atoms with Crippen molar-refractivity contribution in [3.63, 3.8) is 0 Å². The molecule has 3 aromatic rings. The number of carbonyl (C=O) groups is 2. The van der Waals surface area contributed by atoms with Crippen molar-refractivity contribution in [2.45, 2.75) is 70.1 Å². The summed E-state index contributed by atoms with van der Waals surface area (Å²) in [5, 5.41) is 21.7. The van der Waals surface area contributed by atoms with E-state index in [0.717, 1.165) is 50.0 Å². The number of nitrogens with one attached hydrogen (secondary N) is 1. The van der Waals surface area contributed by atoms with Gasteiger partial charge in [-0.25, -0.2) is 9.31 Å². The minimum Gasteiger partial charge on any atom is -0.444 e. The van der Waals surface area contributed by atoms with E-state index in [1.54, 1.807) is 15.6 Å². The average molecular weight is 546 g/mol. The fourth-order valence-corrected chi connectivity index (χ4v) is 5.64. The lowest BCUT2D eigenvalue weighted by atomic mass is 9.84. The number of fused-ring (bicyclic) bond motifs is 1. The van der Waals surface area contributed by atoms with E-state index in [1.165, 1.54) is 0 Å². The van der Waals surface area contributed by atoms with E-state index in [1.807, 2.05) is 49.8 Å². The Morgan fingerprint density at radius 1 is 1.18 bits per heavy atom. The van der Waals surface area contributed by atoms with Crippen molar-refractivity contribution in [1.82, 2.24) is 34.2 Å². The van der Waals surface area contributed by atoms with Crippen LogP contribution >= 0.6 is 0 Å². The lowest BCUT2D eigenvalue weighted by molar-refractivity contribution is -0.117. The molecular weight excluding hydrogens is 510 g/mol. The molecule has 0 bridgehead atoms. The number of nitriles is 1. The predicted octanol–water partition coefficient (Wildman–Crippen LogP) is 3.27. The topological polar surface area (TPSA) is 134 Å². The normalized spacial score (nSPS) is 19.7. The van der Waals surface area contributed by atoms with Gasteiger partial charge in [-0.2, -0.15) is 15.3 Å². The van der Waals surface area contributed by atoms with Gasteiger partial charge in [-0.1, -0.05) is 6.07 Å². The largest absolute Gasteiger partial charge is 0.444 e. The van der Waals surface area contributed by atoms with Crippen LogP contribution in [0.5, 0.6) is 0 Å². The summed E-state index contributed by atoms with van der Waals surface area (Å²) in [5.74, 6) is 0.332. The Labute approximate surface area is 232 Å². The SMILES string of the molecule is CC(C)(C)OC(=O)N1CCC(N2CC(CC#N)(n3cc(-c4cccc5nc(NC(=O)C6CC6)nn45)cn3)C2)CC1. The standard InChI is InChI=1S/C28H35N9O3/c1-27(2,3)40-26(39)34-13-9-21(10-14-34)35-17-28(18-35,11-12-29)36-16-20(15-30-36)22-5-4-6-23-31-25(33-37(22)23)32-24(38)19-7-8-19/h4-6,15-16,19,21H,7-11,13-14,17-18H2,1-3H3,(H,32,33,38). The number of likely N-dealkylation sites (tertiary alicyclic amines) is 2. The highest BCUT2D eigenvalue weighted by Gasteiger charge is 2.48. The van der Waals surface area contributed by atoms with Crippen molar-refractivity contribution >= 4 is 23.6 Å². The Morgan fingerprint density at radius 3 is 2.60 bits per heavy atom. The Bertz CT molecular complexity index is 1460. The van der Waals surface area contributed by atoms with Crippen molar-refractivity contribution in [3.05, 3.63) is 30.6 Å². The third kappa shape index (κ3) is 5.13. The van der Waals surface area contributed by atoms with E-state index in [2.05, 4.69) is 31.5 Å². The third-order valence-corrected chi connectivity index (χ3v) is 7.94. The number of hydrogen-bond donors (Lipinski definition) is 1. The Morgan fingerprint density at radius 2 is 1.93 bits per heavy atom. The lowest BCUT2D eigenvalue weighted by Gasteiger charge is -2.53. The molecule has 2 aliphatic heterocycles. The van der Waals surface area contributed by atoms with Crippen LogP contribution in [0, 0.1) is 17.2 Å². The van der Waals surface area contributed by atoms with E-state index in [-0.39, 0.29) is 17.9 Å². The summed E-state index contributed by atoms with van der Waals surface area (Å²) >= 11 is 0. The van der Waals surface area contributed by atoms with Crippen molar-refractivity contribution < 1.29 is 14.3 Å². The molecule has 3 aliphatic rings. The zero-order valence-corrected chi connectivity index (χ0v) is 23.2. The predicted molar refractivity (Wildman–Crippen MR) is 146 cm³/mol. The van der Waals surface area contributed by atoms with Crippen molar-refractivity contribution in [2.75, 3.05) is 31.5 Å². The van der Waals surface area contributed by atoms with Crippen molar-refractivity contribution in [2.24, 2.45) is 5.92 Å². The molecule has 1 N–H and O–H groups in total. The number of anilines is 1. The second-order valence-corrected chi connectivity index (χ2v) is 12.2. The van der Waals surface area contributed by atoms with Gasteiger partial charge in [-0.3, -0.25) is 19.7 Å². The summed E-state index contributed by atoms with van der Waals surface area (Å²) < 4.78 is 9.16. The fourth-order valence-electron chi connectivity index (χ4n) is 5.64. The summed E-state index contributed by atoms with van der Waals surface area (Å²) in [6.45, 7) is 8.43. The number of amides is 2. The highest BCUT2D eigenvalue weighted by Crippen LogP contribution is 2.37. The minimum absolute atomic E-state index is 0.0335. The van der Waals surface area contributed by atoms with Crippen LogP contribution in [0.25, 0.3) is 16.9 Å². The summed E-state index contributed by atoms with van der Waals surface area (Å²) in [5.41, 5.74) is 1.39. The van der Waals surface area contributed by atoms with Crippen LogP contribution < -0.4 is 5.32 Å². The van der Waals surface area contributed by atoms with Crippen LogP contribution in [-0.4, -0.2) is 84.0 Å². The molecule has 0 atom stereocenters. The number of piperidine rings is 1. The monoisotopic (exact) mass is 545 g/mol. The van der Waals surface area contributed by atoms with Crippen LogP contribution in [0.2, 0.25) is 0 Å². The zero-order valence-electron chi connectivity index (χ0n) is 23.2. The summed E-state index contributed by atoms with van der Waals surface area (Å²) in [6.07, 6.45) is 7.44. The van der Waals surface area contributed by atoms with Gasteiger partial charge in [0.2, 0.25) is 11.9 Å². The van der Waals surface area contributed by atoms with Gasteiger partial charge in [0.15, 0.2) is 5.65 Å². The summed E-state index contributed by atoms with van der Waals surface area (Å²) in [6, 6.07) is 8.42. The number of hydrogen-bond acceptors (Lipinski definition) is 8. The molecule has 1 saturated carbocycles. The highest BCUT2D eigenvalue weighted by molar-refractivity contribution is 5.92. The van der Waals surface area contributed by atoms with E-state index >= 15 is 0 Å². The summed E-state index contributed by atoms with van der Waals surface area (Å²) in [7, 11) is 0. The van der Waals surface area contributed by atoms with Gasteiger partial charge >= 0.3 is 6.09 Å². The van der Waals surface area contributed by atoms with Crippen LogP contribution in [0.4, 0.5) is 10.7 Å². The molecule has 6 rings (SSSR count). The van der Waals surface area contributed by atoms with Crippen molar-refractivity contribution in [1.29, 1.82) is 5.26 Å². The van der Waals surface area contributed by atoms with Gasteiger partial charge < -0.3 is 9.64 Å². The molecule has 0 unspecified atom stereocenters.